The summed E-state index contributed by atoms with van der Waals surface area (Å²) in [4.78, 5) is 12.1. The first-order chi connectivity index (χ1) is 10.2. The van der Waals surface area contributed by atoms with Gasteiger partial charge in [0.15, 0.2) is 0 Å². The van der Waals surface area contributed by atoms with Crippen molar-refractivity contribution in [1.29, 1.82) is 0 Å². The minimum absolute atomic E-state index is 0.0881. The maximum atomic E-state index is 12.1. The minimum Gasteiger partial charge on any atom is -0.494 e. The second kappa shape index (κ2) is 8.03. The van der Waals surface area contributed by atoms with Gasteiger partial charge in [-0.05, 0) is 43.5 Å². The number of rotatable bonds is 6. The van der Waals surface area contributed by atoms with Crippen LogP contribution in [-0.4, -0.2) is 30.3 Å². The van der Waals surface area contributed by atoms with Crippen LogP contribution in [0.25, 0.3) is 0 Å². The minimum atomic E-state index is -0.274. The van der Waals surface area contributed by atoms with Gasteiger partial charge in [0.05, 0.1) is 12.7 Å². The third-order valence-electron chi connectivity index (χ3n) is 3.98. The molecular weight excluding hydrogens is 266 g/mol. The summed E-state index contributed by atoms with van der Waals surface area (Å²) in [5, 5.41) is 12.8. The smallest absolute Gasteiger partial charge is 0.251 e. The van der Waals surface area contributed by atoms with E-state index in [1.54, 1.807) is 12.1 Å². The zero-order valence-electron chi connectivity index (χ0n) is 12.7. The van der Waals surface area contributed by atoms with Gasteiger partial charge in [0.25, 0.3) is 5.91 Å². The van der Waals surface area contributed by atoms with E-state index in [2.05, 4.69) is 12.2 Å². The quantitative estimate of drug-likeness (QED) is 0.847. The Labute approximate surface area is 126 Å². The highest BCUT2D eigenvalue weighted by molar-refractivity contribution is 5.94. The van der Waals surface area contributed by atoms with Crippen LogP contribution in [0.5, 0.6) is 5.75 Å². The number of ether oxygens (including phenoxy) is 1. The lowest BCUT2D eigenvalue weighted by atomic mass is 9.86. The SMILES string of the molecule is CCCOc1ccc(C(=O)NCC2CCCCC2O)cc1. The van der Waals surface area contributed by atoms with Gasteiger partial charge in [-0.15, -0.1) is 0 Å². The first-order valence-electron chi connectivity index (χ1n) is 7.90. The van der Waals surface area contributed by atoms with Crippen LogP contribution < -0.4 is 10.1 Å². The molecule has 0 aliphatic heterocycles. The lowest BCUT2D eigenvalue weighted by Crippen LogP contribution is -2.36. The van der Waals surface area contributed by atoms with E-state index < -0.39 is 0 Å². The van der Waals surface area contributed by atoms with E-state index in [0.717, 1.165) is 37.9 Å². The van der Waals surface area contributed by atoms with Gasteiger partial charge in [-0.25, -0.2) is 0 Å². The Morgan fingerprint density at radius 3 is 2.67 bits per heavy atom. The first kappa shape index (κ1) is 15.8. The van der Waals surface area contributed by atoms with Crippen LogP contribution in [0.15, 0.2) is 24.3 Å². The maximum absolute atomic E-state index is 12.1. The van der Waals surface area contributed by atoms with Gasteiger partial charge in [-0.3, -0.25) is 4.79 Å². The summed E-state index contributed by atoms with van der Waals surface area (Å²) in [6.45, 7) is 3.29. The van der Waals surface area contributed by atoms with Crippen molar-refractivity contribution in [1.82, 2.24) is 5.32 Å². The molecule has 2 N–H and O–H groups in total. The number of nitrogens with one attached hydrogen (secondary N) is 1. The molecule has 2 unspecified atom stereocenters. The monoisotopic (exact) mass is 291 g/mol. The van der Waals surface area contributed by atoms with Gasteiger partial charge in [-0.1, -0.05) is 19.8 Å². The number of benzene rings is 1. The summed E-state index contributed by atoms with van der Waals surface area (Å²) in [7, 11) is 0. The summed E-state index contributed by atoms with van der Waals surface area (Å²) in [5.74, 6) is 0.890. The van der Waals surface area contributed by atoms with Crippen LogP contribution in [0, 0.1) is 5.92 Å². The molecule has 1 aromatic carbocycles. The Hall–Kier alpha value is -1.55. The van der Waals surface area contributed by atoms with E-state index in [0.29, 0.717) is 18.7 Å². The molecule has 0 heterocycles. The van der Waals surface area contributed by atoms with Gasteiger partial charge in [0.2, 0.25) is 0 Å². The summed E-state index contributed by atoms with van der Waals surface area (Å²) in [6.07, 6.45) is 4.76. The Morgan fingerprint density at radius 1 is 1.29 bits per heavy atom. The molecule has 4 nitrogen and oxygen atoms in total. The number of carbonyl (C=O) groups is 1. The molecule has 1 aromatic rings. The summed E-state index contributed by atoms with van der Waals surface area (Å²) in [6, 6.07) is 7.19. The number of amides is 1. The summed E-state index contributed by atoms with van der Waals surface area (Å²) < 4.78 is 5.49. The van der Waals surface area contributed by atoms with E-state index in [1.165, 1.54) is 0 Å². The van der Waals surface area contributed by atoms with Crippen molar-refractivity contribution in [2.24, 2.45) is 5.92 Å². The number of hydrogen-bond donors (Lipinski definition) is 2. The third-order valence-corrected chi connectivity index (χ3v) is 3.98. The van der Waals surface area contributed by atoms with Crippen LogP contribution in [0.3, 0.4) is 0 Å². The molecule has 0 bridgehead atoms. The Balaban J connectivity index is 1.82. The highest BCUT2D eigenvalue weighted by Gasteiger charge is 2.23. The molecule has 1 aliphatic rings. The standard InChI is InChI=1S/C17H25NO3/c1-2-11-21-15-9-7-13(8-10-15)17(20)18-12-14-5-3-4-6-16(14)19/h7-10,14,16,19H,2-6,11-12H2,1H3,(H,18,20). The maximum Gasteiger partial charge on any atom is 0.251 e. The van der Waals surface area contributed by atoms with E-state index in [4.69, 9.17) is 4.74 Å². The van der Waals surface area contributed by atoms with Crippen molar-refractivity contribution in [3.8, 4) is 5.75 Å². The Morgan fingerprint density at radius 2 is 2.00 bits per heavy atom. The van der Waals surface area contributed by atoms with Crippen LogP contribution >= 0.6 is 0 Å². The van der Waals surface area contributed by atoms with E-state index in [9.17, 15) is 9.90 Å². The molecule has 116 valence electrons. The van der Waals surface area contributed by atoms with Crippen molar-refractivity contribution in [3.05, 3.63) is 29.8 Å². The number of aliphatic hydroxyl groups is 1. The molecule has 4 heteroatoms. The van der Waals surface area contributed by atoms with Crippen LogP contribution in [-0.2, 0) is 0 Å². The molecule has 2 atom stereocenters. The van der Waals surface area contributed by atoms with Gasteiger partial charge in [0.1, 0.15) is 5.75 Å². The fourth-order valence-corrected chi connectivity index (χ4v) is 2.67. The molecule has 21 heavy (non-hydrogen) atoms. The molecule has 0 radical (unpaired) electrons. The molecule has 0 spiro atoms. The van der Waals surface area contributed by atoms with Gasteiger partial charge < -0.3 is 15.2 Å². The number of carbonyl (C=O) groups excluding carboxylic acids is 1. The zero-order valence-corrected chi connectivity index (χ0v) is 12.7. The average molecular weight is 291 g/mol. The largest absolute Gasteiger partial charge is 0.494 e. The first-order valence-corrected chi connectivity index (χ1v) is 7.90. The predicted octanol–water partition coefficient (Wildman–Crippen LogP) is 2.76. The number of hydrogen-bond acceptors (Lipinski definition) is 3. The van der Waals surface area contributed by atoms with Crippen LogP contribution in [0.1, 0.15) is 49.4 Å². The normalized spacial score (nSPS) is 21.8. The summed E-state index contributed by atoms with van der Waals surface area (Å²) >= 11 is 0. The molecule has 1 amide bonds. The lowest BCUT2D eigenvalue weighted by molar-refractivity contribution is 0.0663. The van der Waals surface area contributed by atoms with E-state index >= 15 is 0 Å². The zero-order chi connectivity index (χ0) is 15.1. The molecule has 1 saturated carbocycles. The second-order valence-corrected chi connectivity index (χ2v) is 5.69. The fourth-order valence-electron chi connectivity index (χ4n) is 2.67. The van der Waals surface area contributed by atoms with Crippen molar-refractivity contribution in [2.75, 3.05) is 13.2 Å². The molecule has 1 aliphatic carbocycles. The Kier molecular flexibility index (Phi) is 6.05. The average Bonchev–Trinajstić information content (AvgIpc) is 2.52. The van der Waals surface area contributed by atoms with Crippen LogP contribution in [0.2, 0.25) is 0 Å². The highest BCUT2D eigenvalue weighted by atomic mass is 16.5. The van der Waals surface area contributed by atoms with Crippen molar-refractivity contribution in [2.45, 2.75) is 45.1 Å². The topological polar surface area (TPSA) is 58.6 Å². The van der Waals surface area contributed by atoms with Crippen molar-refractivity contribution in [3.63, 3.8) is 0 Å². The van der Waals surface area contributed by atoms with E-state index in [-0.39, 0.29) is 17.9 Å². The molecule has 2 rings (SSSR count). The van der Waals surface area contributed by atoms with Crippen LogP contribution in [0.4, 0.5) is 0 Å². The third kappa shape index (κ3) is 4.74. The Bertz CT molecular complexity index is 444. The van der Waals surface area contributed by atoms with Gasteiger partial charge >= 0.3 is 0 Å². The second-order valence-electron chi connectivity index (χ2n) is 5.69. The molecule has 1 fully saturated rings. The number of aliphatic hydroxyl groups excluding tert-OH is 1. The molecule has 0 saturated heterocycles. The fraction of sp³-hybridized carbons (Fsp3) is 0.588. The van der Waals surface area contributed by atoms with Crippen molar-refractivity contribution >= 4 is 5.91 Å². The molecule has 0 aromatic heterocycles. The highest BCUT2D eigenvalue weighted by Crippen LogP contribution is 2.23. The van der Waals surface area contributed by atoms with Gasteiger partial charge in [-0.2, -0.15) is 0 Å². The van der Waals surface area contributed by atoms with Crippen molar-refractivity contribution < 1.29 is 14.6 Å². The molecular formula is C17H25NO3. The summed E-state index contributed by atoms with van der Waals surface area (Å²) in [5.41, 5.74) is 0.629. The predicted molar refractivity (Wildman–Crippen MR) is 82.5 cm³/mol. The van der Waals surface area contributed by atoms with Gasteiger partial charge in [0, 0.05) is 18.0 Å². The lowest BCUT2D eigenvalue weighted by Gasteiger charge is -2.27. The van der Waals surface area contributed by atoms with E-state index in [1.807, 2.05) is 12.1 Å².